The van der Waals surface area contributed by atoms with E-state index in [1.54, 1.807) is 7.05 Å². The average Bonchev–Trinajstić information content (AvgIpc) is 2.31. The molecular weight excluding hydrogens is 178 g/mol. The van der Waals surface area contributed by atoms with E-state index in [0.717, 1.165) is 5.57 Å². The lowest BCUT2D eigenvalue weighted by Crippen LogP contribution is -2.35. The zero-order valence-electron chi connectivity index (χ0n) is 8.40. The third-order valence-corrected chi connectivity index (χ3v) is 2.14. The Morgan fingerprint density at radius 1 is 1.57 bits per heavy atom. The van der Waals surface area contributed by atoms with E-state index in [1.807, 2.05) is 37.3 Å². The van der Waals surface area contributed by atoms with E-state index in [1.165, 1.54) is 0 Å². The lowest BCUT2D eigenvalue weighted by molar-refractivity contribution is -0.138. The third-order valence-electron chi connectivity index (χ3n) is 2.14. The Morgan fingerprint density at radius 3 is 2.86 bits per heavy atom. The fourth-order valence-corrected chi connectivity index (χ4v) is 1.45. The summed E-state index contributed by atoms with van der Waals surface area (Å²) in [7, 11) is 1.65. The van der Waals surface area contributed by atoms with Crippen molar-refractivity contribution in [3.63, 3.8) is 0 Å². The number of carbonyl (C=O) groups is 1. The summed E-state index contributed by atoms with van der Waals surface area (Å²) in [5.41, 5.74) is 0.803. The molecule has 0 aromatic carbocycles. The van der Waals surface area contributed by atoms with Crippen LogP contribution in [0.5, 0.6) is 0 Å². The van der Waals surface area contributed by atoms with Crippen molar-refractivity contribution in [3.05, 3.63) is 36.0 Å². The van der Waals surface area contributed by atoms with Gasteiger partial charge in [-0.25, -0.2) is 0 Å². The van der Waals surface area contributed by atoms with Crippen molar-refractivity contribution in [2.75, 3.05) is 7.05 Å². The SMILES string of the molecule is CNC(C(=O)O)C1=CC(C)C=CC=C1. The molecule has 0 saturated heterocycles. The van der Waals surface area contributed by atoms with Crippen LogP contribution in [0.1, 0.15) is 6.92 Å². The molecule has 0 aromatic rings. The minimum atomic E-state index is -0.850. The predicted octanol–water partition coefficient (Wildman–Crippen LogP) is 1.35. The van der Waals surface area contributed by atoms with E-state index >= 15 is 0 Å². The number of allylic oxidation sites excluding steroid dienone is 4. The van der Waals surface area contributed by atoms with Crippen molar-refractivity contribution in [2.24, 2.45) is 5.92 Å². The van der Waals surface area contributed by atoms with Gasteiger partial charge in [-0.05, 0) is 18.5 Å². The molecular formula is C11H15NO2. The van der Waals surface area contributed by atoms with Crippen LogP contribution in [-0.4, -0.2) is 24.2 Å². The Bertz CT molecular complexity index is 302. The van der Waals surface area contributed by atoms with Crippen LogP contribution in [0.4, 0.5) is 0 Å². The van der Waals surface area contributed by atoms with E-state index < -0.39 is 12.0 Å². The van der Waals surface area contributed by atoms with Gasteiger partial charge in [-0.2, -0.15) is 0 Å². The van der Waals surface area contributed by atoms with Gasteiger partial charge in [0, 0.05) is 0 Å². The van der Waals surface area contributed by atoms with Gasteiger partial charge in [-0.3, -0.25) is 4.79 Å². The van der Waals surface area contributed by atoms with E-state index in [0.29, 0.717) is 0 Å². The normalized spacial score (nSPS) is 22.7. The number of hydrogen-bond donors (Lipinski definition) is 2. The second-order valence-corrected chi connectivity index (χ2v) is 3.33. The van der Waals surface area contributed by atoms with Crippen LogP contribution in [-0.2, 0) is 4.79 Å². The predicted molar refractivity (Wildman–Crippen MR) is 56.0 cm³/mol. The first-order valence-electron chi connectivity index (χ1n) is 4.62. The summed E-state index contributed by atoms with van der Waals surface area (Å²) < 4.78 is 0. The maximum atomic E-state index is 10.9. The number of carboxylic acid groups (broad SMARTS) is 1. The van der Waals surface area contributed by atoms with Crippen LogP contribution in [0.15, 0.2) is 36.0 Å². The zero-order valence-corrected chi connectivity index (χ0v) is 8.40. The van der Waals surface area contributed by atoms with Gasteiger partial charge in [-0.15, -0.1) is 0 Å². The van der Waals surface area contributed by atoms with Crippen molar-refractivity contribution in [1.82, 2.24) is 5.32 Å². The molecule has 76 valence electrons. The monoisotopic (exact) mass is 193 g/mol. The minimum absolute atomic E-state index is 0.273. The van der Waals surface area contributed by atoms with Crippen LogP contribution in [0.3, 0.4) is 0 Å². The molecule has 2 unspecified atom stereocenters. The second kappa shape index (κ2) is 4.77. The minimum Gasteiger partial charge on any atom is -0.480 e. The Hall–Kier alpha value is -1.35. The number of likely N-dealkylation sites (N-methyl/N-ethyl adjacent to an activating group) is 1. The summed E-state index contributed by atoms with van der Waals surface area (Å²) >= 11 is 0. The Labute approximate surface area is 83.8 Å². The number of carboxylic acids is 1. The smallest absolute Gasteiger partial charge is 0.325 e. The van der Waals surface area contributed by atoms with E-state index in [9.17, 15) is 4.79 Å². The van der Waals surface area contributed by atoms with Gasteiger partial charge in [0.15, 0.2) is 0 Å². The largest absolute Gasteiger partial charge is 0.480 e. The van der Waals surface area contributed by atoms with Gasteiger partial charge < -0.3 is 10.4 Å². The first-order valence-corrected chi connectivity index (χ1v) is 4.62. The summed E-state index contributed by atoms with van der Waals surface area (Å²) in [6, 6.07) is -0.617. The van der Waals surface area contributed by atoms with Crippen molar-refractivity contribution >= 4 is 5.97 Å². The summed E-state index contributed by atoms with van der Waals surface area (Å²) in [5.74, 6) is -0.576. The van der Waals surface area contributed by atoms with Gasteiger partial charge >= 0.3 is 5.97 Å². The molecule has 1 rings (SSSR count). The molecule has 2 atom stereocenters. The molecule has 2 N–H and O–H groups in total. The molecule has 0 bridgehead atoms. The van der Waals surface area contributed by atoms with Gasteiger partial charge in [0.1, 0.15) is 6.04 Å². The van der Waals surface area contributed by atoms with Gasteiger partial charge in [0.05, 0.1) is 0 Å². The summed E-state index contributed by atoms with van der Waals surface area (Å²) in [5, 5.41) is 11.7. The fraction of sp³-hybridized carbons (Fsp3) is 0.364. The van der Waals surface area contributed by atoms with Crippen LogP contribution >= 0.6 is 0 Å². The van der Waals surface area contributed by atoms with Crippen LogP contribution < -0.4 is 5.32 Å². The van der Waals surface area contributed by atoms with Crippen LogP contribution in [0.2, 0.25) is 0 Å². The molecule has 0 radical (unpaired) electrons. The molecule has 0 fully saturated rings. The molecule has 0 heterocycles. The van der Waals surface area contributed by atoms with Gasteiger partial charge in [0.2, 0.25) is 0 Å². The molecule has 0 aliphatic heterocycles. The molecule has 0 saturated carbocycles. The van der Waals surface area contributed by atoms with E-state index in [2.05, 4.69) is 5.32 Å². The van der Waals surface area contributed by atoms with Crippen molar-refractivity contribution < 1.29 is 9.90 Å². The van der Waals surface area contributed by atoms with Crippen molar-refractivity contribution in [1.29, 1.82) is 0 Å². The Kier molecular flexibility index (Phi) is 3.65. The summed E-state index contributed by atoms with van der Waals surface area (Å²) in [4.78, 5) is 10.9. The first-order chi connectivity index (χ1) is 6.65. The third kappa shape index (κ3) is 2.57. The van der Waals surface area contributed by atoms with Gasteiger partial charge in [-0.1, -0.05) is 37.3 Å². The molecule has 0 spiro atoms. The number of aliphatic carboxylic acids is 1. The standard InChI is InChI=1S/C11H15NO2/c1-8-5-3-4-6-9(7-8)10(12-2)11(13)14/h3-8,10,12H,1-2H3,(H,13,14). The molecule has 0 aromatic heterocycles. The lowest BCUT2D eigenvalue weighted by atomic mass is 10.0. The molecule has 14 heavy (non-hydrogen) atoms. The highest BCUT2D eigenvalue weighted by molar-refractivity contribution is 5.78. The van der Waals surface area contributed by atoms with E-state index in [4.69, 9.17) is 5.11 Å². The first kappa shape index (κ1) is 10.7. The molecule has 3 nitrogen and oxygen atoms in total. The quantitative estimate of drug-likeness (QED) is 0.711. The Morgan fingerprint density at radius 2 is 2.29 bits per heavy atom. The highest BCUT2D eigenvalue weighted by Gasteiger charge is 2.18. The maximum Gasteiger partial charge on any atom is 0.325 e. The van der Waals surface area contributed by atoms with Crippen LogP contribution in [0, 0.1) is 5.92 Å². The highest BCUT2D eigenvalue weighted by atomic mass is 16.4. The van der Waals surface area contributed by atoms with Gasteiger partial charge in [0.25, 0.3) is 0 Å². The Balaban J connectivity index is 2.90. The summed E-state index contributed by atoms with van der Waals surface area (Å²) in [6.45, 7) is 2.03. The number of rotatable bonds is 3. The summed E-state index contributed by atoms with van der Waals surface area (Å²) in [6.07, 6.45) is 9.61. The fourth-order valence-electron chi connectivity index (χ4n) is 1.45. The molecule has 1 aliphatic rings. The highest BCUT2D eigenvalue weighted by Crippen LogP contribution is 2.14. The molecule has 1 aliphatic carbocycles. The molecule has 3 heteroatoms. The molecule has 0 amide bonds. The topological polar surface area (TPSA) is 49.3 Å². The number of nitrogens with one attached hydrogen (secondary N) is 1. The zero-order chi connectivity index (χ0) is 10.6. The number of hydrogen-bond acceptors (Lipinski definition) is 2. The second-order valence-electron chi connectivity index (χ2n) is 3.33. The average molecular weight is 193 g/mol. The van der Waals surface area contributed by atoms with Crippen molar-refractivity contribution in [2.45, 2.75) is 13.0 Å². The lowest BCUT2D eigenvalue weighted by Gasteiger charge is -2.13. The van der Waals surface area contributed by atoms with Crippen LogP contribution in [0.25, 0.3) is 0 Å². The van der Waals surface area contributed by atoms with Crippen molar-refractivity contribution in [3.8, 4) is 0 Å². The maximum absolute atomic E-state index is 10.9. The van der Waals surface area contributed by atoms with E-state index in [-0.39, 0.29) is 5.92 Å².